The zero-order chi connectivity index (χ0) is 43.2. The van der Waals surface area contributed by atoms with Crippen molar-refractivity contribution in [1.29, 1.82) is 0 Å². The number of hydrogen-bond acceptors (Lipinski definition) is 8. The van der Waals surface area contributed by atoms with Crippen molar-refractivity contribution in [3.8, 4) is 34.5 Å². The highest BCUT2D eigenvalue weighted by Gasteiger charge is 2.31. The predicted molar refractivity (Wildman–Crippen MR) is 213 cm³/mol. The monoisotopic (exact) mass is 828 g/mol. The topological polar surface area (TPSA) is 87.7 Å². The van der Waals surface area contributed by atoms with Gasteiger partial charge in [-0.3, -0.25) is 4.79 Å². The van der Waals surface area contributed by atoms with Crippen molar-refractivity contribution in [1.82, 2.24) is 0 Å². The summed E-state index contributed by atoms with van der Waals surface area (Å²) >= 11 is 0. The first-order valence-electron chi connectivity index (χ1n) is 18.2. The van der Waals surface area contributed by atoms with Crippen molar-refractivity contribution in [2.24, 2.45) is 0 Å². The Kier molecular flexibility index (Phi) is 16.1. The maximum Gasteiger partial charge on any atom is 0.416 e. The Balaban J connectivity index is 0.000000288. The van der Waals surface area contributed by atoms with Gasteiger partial charge in [-0.05, 0) is 90.7 Å². The van der Waals surface area contributed by atoms with Crippen LogP contribution in [0.4, 0.5) is 37.7 Å². The van der Waals surface area contributed by atoms with Crippen LogP contribution in [0.15, 0.2) is 103 Å². The van der Waals surface area contributed by atoms with Crippen LogP contribution >= 0.6 is 0 Å². The van der Waals surface area contributed by atoms with Crippen molar-refractivity contribution in [3.05, 3.63) is 131 Å². The van der Waals surface area contributed by atoms with Crippen LogP contribution in [0, 0.1) is 0 Å². The fraction of sp³-hybridized carbons (Fsp3) is 0.295. The Bertz CT molecular complexity index is 2110. The zero-order valence-corrected chi connectivity index (χ0v) is 33.4. The summed E-state index contributed by atoms with van der Waals surface area (Å²) in [6.07, 6.45) is -7.73. The fourth-order valence-corrected chi connectivity index (χ4v) is 5.93. The van der Waals surface area contributed by atoms with Gasteiger partial charge in [-0.15, -0.1) is 0 Å². The minimum absolute atomic E-state index is 0.0156. The second kappa shape index (κ2) is 21.0. The fourth-order valence-electron chi connectivity index (χ4n) is 5.93. The van der Waals surface area contributed by atoms with E-state index >= 15 is 0 Å². The zero-order valence-electron chi connectivity index (χ0n) is 33.4. The maximum absolute atomic E-state index is 13.6. The first-order chi connectivity index (χ1) is 28.1. The molecule has 5 rings (SSSR count). The summed E-state index contributed by atoms with van der Waals surface area (Å²) in [6.45, 7) is 0.826. The number of nitrogens with one attached hydrogen (secondary N) is 1. The molecule has 1 amide bonds. The number of benzene rings is 5. The molecule has 0 bridgehead atoms. The highest BCUT2D eigenvalue weighted by atomic mass is 19.4. The molecule has 0 radical (unpaired) electrons. The summed E-state index contributed by atoms with van der Waals surface area (Å²) < 4.78 is 108. The van der Waals surface area contributed by atoms with Crippen LogP contribution in [0.5, 0.6) is 34.5 Å². The number of nitrogens with zero attached hydrogens (tertiary/aromatic N) is 1. The molecule has 9 nitrogen and oxygen atoms in total. The number of ether oxygens (including phenoxy) is 6. The van der Waals surface area contributed by atoms with E-state index < -0.39 is 23.5 Å². The molecule has 0 atom stereocenters. The number of methoxy groups -OCH3 is 6. The molecule has 5 aromatic rings. The molecule has 0 aromatic heterocycles. The van der Waals surface area contributed by atoms with Gasteiger partial charge in [0.05, 0.1) is 60.2 Å². The molecule has 0 spiro atoms. The number of carbonyl (C=O) groups is 1. The molecule has 0 unspecified atom stereocenters. The highest BCUT2D eigenvalue weighted by Crippen LogP contribution is 2.34. The van der Waals surface area contributed by atoms with E-state index in [1.165, 1.54) is 52.7 Å². The lowest BCUT2D eigenvalue weighted by Crippen LogP contribution is -2.34. The molecule has 5 aromatic carbocycles. The van der Waals surface area contributed by atoms with E-state index in [9.17, 15) is 31.1 Å². The highest BCUT2D eigenvalue weighted by molar-refractivity contribution is 5.95. The van der Waals surface area contributed by atoms with Gasteiger partial charge in [0.15, 0.2) is 23.0 Å². The Morgan fingerprint density at radius 3 is 1.54 bits per heavy atom. The van der Waals surface area contributed by atoms with Crippen molar-refractivity contribution in [2.45, 2.75) is 31.6 Å². The number of alkyl halides is 6. The van der Waals surface area contributed by atoms with Crippen LogP contribution in [0.2, 0.25) is 0 Å². The number of hydrogen-bond donors (Lipinski definition) is 1. The van der Waals surface area contributed by atoms with Crippen molar-refractivity contribution < 1.29 is 59.6 Å². The lowest BCUT2D eigenvalue weighted by Gasteiger charge is -2.25. The average molecular weight is 829 g/mol. The summed E-state index contributed by atoms with van der Waals surface area (Å²) in [5.74, 6) is 3.10. The van der Waals surface area contributed by atoms with Crippen molar-refractivity contribution in [3.63, 3.8) is 0 Å². The predicted octanol–water partition coefficient (Wildman–Crippen LogP) is 9.94. The summed E-state index contributed by atoms with van der Waals surface area (Å²) in [7, 11) is 9.19. The molecule has 0 aliphatic carbocycles. The van der Waals surface area contributed by atoms with Gasteiger partial charge in [-0.25, -0.2) is 0 Å². The Labute approximate surface area is 339 Å². The lowest BCUT2D eigenvalue weighted by molar-refractivity contribution is -0.138. The molecular weight excluding hydrogens is 782 g/mol. The van der Waals surface area contributed by atoms with Crippen LogP contribution in [0.3, 0.4) is 0 Å². The van der Waals surface area contributed by atoms with Gasteiger partial charge in [0.2, 0.25) is 5.91 Å². The third-order valence-corrected chi connectivity index (χ3v) is 9.12. The minimum atomic E-state index is -4.41. The summed E-state index contributed by atoms with van der Waals surface area (Å²) in [5, 5.41) is 3.21. The summed E-state index contributed by atoms with van der Waals surface area (Å²) in [4.78, 5) is 15.1. The van der Waals surface area contributed by atoms with E-state index in [0.29, 0.717) is 70.7 Å². The third kappa shape index (κ3) is 12.9. The maximum atomic E-state index is 13.6. The molecule has 0 saturated heterocycles. The number of halogens is 6. The molecule has 59 heavy (non-hydrogen) atoms. The standard InChI is InChI=1S/C27H28F3NO5.C17H18F3NO2/c1-33-22-10-12-23(34-2)19(15-22)16-26(32)31(21-9-11-24(35-3)25(17-21)36-4)14-13-18-5-7-20(8-6-18)27(28,29)30;1-22-15-8-7-14(11-16(15)23-2)21-10-9-12-3-5-13(6-4-12)17(18,19)20/h5-12,15,17H,13-14,16H2,1-4H3;3-8,11,21H,9-10H2,1-2H3. The number of amides is 1. The number of anilines is 2. The second-order valence-corrected chi connectivity index (χ2v) is 12.8. The normalized spacial score (nSPS) is 11.1. The number of carbonyl (C=O) groups excluding carboxylic acids is 1. The Morgan fingerprint density at radius 1 is 0.542 bits per heavy atom. The van der Waals surface area contributed by atoms with Crippen molar-refractivity contribution >= 4 is 17.3 Å². The molecule has 0 aliphatic heterocycles. The van der Waals surface area contributed by atoms with E-state index in [2.05, 4.69) is 5.32 Å². The molecule has 0 aliphatic rings. The average Bonchev–Trinajstić information content (AvgIpc) is 3.23. The third-order valence-electron chi connectivity index (χ3n) is 9.12. The molecular formula is C44H46F6N2O7. The van der Waals surface area contributed by atoms with Crippen molar-refractivity contribution in [2.75, 3.05) is 66.0 Å². The first-order valence-corrected chi connectivity index (χ1v) is 18.2. The lowest BCUT2D eigenvalue weighted by atomic mass is 10.1. The second-order valence-electron chi connectivity index (χ2n) is 12.8. The Morgan fingerprint density at radius 2 is 1.03 bits per heavy atom. The van der Waals surface area contributed by atoms with E-state index in [0.717, 1.165) is 35.5 Å². The summed E-state index contributed by atoms with van der Waals surface area (Å²) in [5.41, 5.74) is 2.22. The molecule has 0 heterocycles. The van der Waals surface area contributed by atoms with Crippen LogP contribution in [-0.4, -0.2) is 61.7 Å². The molecule has 0 saturated carbocycles. The van der Waals surface area contributed by atoms with Crippen LogP contribution < -0.4 is 38.6 Å². The van der Waals surface area contributed by atoms with Crippen LogP contribution in [0.25, 0.3) is 0 Å². The first kappa shape index (κ1) is 45.5. The number of rotatable bonds is 16. The SMILES string of the molecule is COc1ccc(NCCc2ccc(C(F)(F)F)cc2)cc1OC.COc1ccc(OC)c(CC(=O)N(CCc2ccc(C(F)(F)F)cc2)c2ccc(OC)c(OC)c2)c1. The van der Waals surface area contributed by atoms with Crippen LogP contribution in [-0.2, 0) is 36.4 Å². The smallest absolute Gasteiger partial charge is 0.416 e. The van der Waals surface area contributed by atoms with Crippen LogP contribution in [0.1, 0.15) is 27.8 Å². The molecule has 15 heteroatoms. The van der Waals surface area contributed by atoms with E-state index in [1.54, 1.807) is 61.6 Å². The van der Waals surface area contributed by atoms with Gasteiger partial charge in [0, 0.05) is 42.2 Å². The van der Waals surface area contributed by atoms with Gasteiger partial charge in [0.25, 0.3) is 0 Å². The van der Waals surface area contributed by atoms with Gasteiger partial charge in [-0.2, -0.15) is 26.3 Å². The van der Waals surface area contributed by atoms with Gasteiger partial charge >= 0.3 is 12.4 Å². The molecule has 1 N–H and O–H groups in total. The quantitative estimate of drug-likeness (QED) is 0.0985. The van der Waals surface area contributed by atoms with E-state index in [1.807, 2.05) is 12.1 Å². The van der Waals surface area contributed by atoms with Gasteiger partial charge < -0.3 is 38.6 Å². The van der Waals surface area contributed by atoms with E-state index in [-0.39, 0.29) is 18.9 Å². The van der Waals surface area contributed by atoms with Gasteiger partial charge in [0.1, 0.15) is 11.5 Å². The molecule has 0 fully saturated rings. The van der Waals surface area contributed by atoms with Gasteiger partial charge in [-0.1, -0.05) is 24.3 Å². The largest absolute Gasteiger partial charge is 0.497 e. The molecule has 316 valence electrons. The summed E-state index contributed by atoms with van der Waals surface area (Å²) in [6, 6.07) is 25.9. The minimum Gasteiger partial charge on any atom is -0.497 e. The Hall–Kier alpha value is -6.25. The van der Waals surface area contributed by atoms with E-state index in [4.69, 9.17) is 28.4 Å².